The molecule has 2 aliphatic heterocycles. The summed E-state index contributed by atoms with van der Waals surface area (Å²) in [5.74, 6) is 0.188. The number of rotatable bonds is 2. The van der Waals surface area contributed by atoms with Crippen LogP contribution in [0, 0.1) is 29.6 Å². The smallest absolute Gasteiger partial charge is 0.261 e. The summed E-state index contributed by atoms with van der Waals surface area (Å²) in [7, 11) is 0. The van der Waals surface area contributed by atoms with E-state index in [9.17, 15) is 15.3 Å². The number of nitriles is 2. The predicted molar refractivity (Wildman–Crippen MR) is 93.2 cm³/mol. The summed E-state index contributed by atoms with van der Waals surface area (Å²) in [6, 6.07) is 7.92. The third kappa shape index (κ3) is 2.00. The number of aryl methyl sites for hydroxylation is 1. The molecule has 4 nitrogen and oxygen atoms in total. The Labute approximate surface area is 143 Å². The fourth-order valence-corrected chi connectivity index (χ4v) is 4.18. The molecule has 0 saturated carbocycles. The first-order chi connectivity index (χ1) is 11.4. The van der Waals surface area contributed by atoms with E-state index < -0.39 is 0 Å². The highest BCUT2D eigenvalue weighted by atomic mass is 16.2. The minimum atomic E-state index is -0.285. The molecule has 0 spiro atoms. The molecule has 24 heavy (non-hydrogen) atoms. The molecule has 2 atom stereocenters. The summed E-state index contributed by atoms with van der Waals surface area (Å²) in [6.07, 6.45) is 2.75. The van der Waals surface area contributed by atoms with Crippen LogP contribution in [0.25, 0.3) is 5.57 Å². The van der Waals surface area contributed by atoms with Crippen LogP contribution >= 0.6 is 0 Å². The van der Waals surface area contributed by atoms with E-state index in [1.807, 2.05) is 30.0 Å². The molecule has 4 heteroatoms. The number of nitrogens with zero attached hydrogens (tertiary/aromatic N) is 3. The maximum absolute atomic E-state index is 13.2. The van der Waals surface area contributed by atoms with Gasteiger partial charge in [0.15, 0.2) is 0 Å². The van der Waals surface area contributed by atoms with Crippen molar-refractivity contribution >= 4 is 17.2 Å². The van der Waals surface area contributed by atoms with Crippen molar-refractivity contribution in [3.05, 3.63) is 34.4 Å². The van der Waals surface area contributed by atoms with Crippen LogP contribution < -0.4 is 4.90 Å². The van der Waals surface area contributed by atoms with E-state index in [1.165, 1.54) is 5.56 Å². The van der Waals surface area contributed by atoms with Crippen LogP contribution in [0.2, 0.25) is 0 Å². The van der Waals surface area contributed by atoms with Crippen molar-refractivity contribution in [1.29, 1.82) is 10.5 Å². The van der Waals surface area contributed by atoms with E-state index >= 15 is 0 Å². The molecule has 1 amide bonds. The molecule has 2 heterocycles. The second kappa shape index (κ2) is 5.49. The lowest BCUT2D eigenvalue weighted by Gasteiger charge is -2.46. The molecule has 2 aliphatic rings. The standard InChI is InChI=1S/C20H21N3O/c1-5-13-9-20(4,6-2)23-18-15(13)7-12(3)8-16(18)17(19(23)24)14(10-21)11-22/h7-8,13H,5-6,9H2,1-4H3. The molecule has 0 saturated heterocycles. The van der Waals surface area contributed by atoms with E-state index in [0.717, 1.165) is 36.1 Å². The second-order valence-electron chi connectivity index (χ2n) is 7.02. The lowest BCUT2D eigenvalue weighted by Crippen LogP contribution is -2.51. The number of hydrogen-bond acceptors (Lipinski definition) is 3. The number of carbonyl (C=O) groups is 1. The van der Waals surface area contributed by atoms with Gasteiger partial charge in [0, 0.05) is 11.1 Å². The molecule has 0 aromatic heterocycles. The lowest BCUT2D eigenvalue weighted by molar-refractivity contribution is -0.114. The van der Waals surface area contributed by atoms with Crippen molar-refractivity contribution < 1.29 is 4.79 Å². The summed E-state index contributed by atoms with van der Waals surface area (Å²) in [5, 5.41) is 18.7. The van der Waals surface area contributed by atoms with E-state index in [0.29, 0.717) is 5.92 Å². The maximum atomic E-state index is 13.2. The molecule has 122 valence electrons. The van der Waals surface area contributed by atoms with Gasteiger partial charge in [-0.3, -0.25) is 4.79 Å². The summed E-state index contributed by atoms with van der Waals surface area (Å²) in [4.78, 5) is 15.0. The molecule has 1 aromatic rings. The Kier molecular flexibility index (Phi) is 3.73. The van der Waals surface area contributed by atoms with Crippen molar-refractivity contribution in [2.45, 2.75) is 58.4 Å². The molecule has 0 fully saturated rings. The summed E-state index contributed by atoms with van der Waals surface area (Å²) >= 11 is 0. The largest absolute Gasteiger partial charge is 0.302 e. The Balaban J connectivity index is 2.42. The van der Waals surface area contributed by atoms with E-state index in [1.54, 1.807) is 0 Å². The van der Waals surface area contributed by atoms with Crippen molar-refractivity contribution in [2.75, 3.05) is 4.90 Å². The highest BCUT2D eigenvalue weighted by Gasteiger charge is 2.49. The predicted octanol–water partition coefficient (Wildman–Crippen LogP) is 4.21. The Morgan fingerprint density at radius 1 is 1.33 bits per heavy atom. The monoisotopic (exact) mass is 319 g/mol. The quantitative estimate of drug-likeness (QED) is 0.606. The minimum absolute atomic E-state index is 0.0892. The third-order valence-corrected chi connectivity index (χ3v) is 5.59. The summed E-state index contributed by atoms with van der Waals surface area (Å²) < 4.78 is 0. The maximum Gasteiger partial charge on any atom is 0.261 e. The molecular formula is C20H21N3O. The van der Waals surface area contributed by atoms with Crippen LogP contribution in [0.3, 0.4) is 0 Å². The molecule has 0 N–H and O–H groups in total. The van der Waals surface area contributed by atoms with Crippen molar-refractivity contribution in [1.82, 2.24) is 0 Å². The summed E-state index contributed by atoms with van der Waals surface area (Å²) in [6.45, 7) is 8.38. The highest BCUT2D eigenvalue weighted by Crippen LogP contribution is 2.54. The van der Waals surface area contributed by atoms with Gasteiger partial charge in [-0.15, -0.1) is 0 Å². The number of anilines is 1. The molecule has 0 bridgehead atoms. The van der Waals surface area contributed by atoms with Gasteiger partial charge in [0.25, 0.3) is 5.91 Å². The first-order valence-electron chi connectivity index (χ1n) is 8.45. The first-order valence-corrected chi connectivity index (χ1v) is 8.45. The molecular weight excluding hydrogens is 298 g/mol. The Morgan fingerprint density at radius 3 is 2.54 bits per heavy atom. The van der Waals surface area contributed by atoms with Gasteiger partial charge in [-0.1, -0.05) is 25.5 Å². The van der Waals surface area contributed by atoms with Crippen LogP contribution in [0.1, 0.15) is 62.6 Å². The van der Waals surface area contributed by atoms with Crippen LogP contribution in [-0.4, -0.2) is 11.4 Å². The van der Waals surface area contributed by atoms with Gasteiger partial charge in [0.1, 0.15) is 17.7 Å². The molecule has 0 aliphatic carbocycles. The zero-order valence-electron chi connectivity index (χ0n) is 14.6. The van der Waals surface area contributed by atoms with Crippen LogP contribution in [0.5, 0.6) is 0 Å². The van der Waals surface area contributed by atoms with Crippen LogP contribution in [-0.2, 0) is 4.79 Å². The first kappa shape index (κ1) is 16.3. The van der Waals surface area contributed by atoms with Gasteiger partial charge in [-0.2, -0.15) is 10.5 Å². The second-order valence-corrected chi connectivity index (χ2v) is 7.02. The third-order valence-electron chi connectivity index (χ3n) is 5.59. The summed E-state index contributed by atoms with van der Waals surface area (Å²) in [5.41, 5.74) is 3.82. The van der Waals surface area contributed by atoms with Gasteiger partial charge in [0.05, 0.1) is 11.3 Å². The van der Waals surface area contributed by atoms with Crippen molar-refractivity contribution in [3.63, 3.8) is 0 Å². The Morgan fingerprint density at radius 2 is 2.00 bits per heavy atom. The van der Waals surface area contributed by atoms with Gasteiger partial charge >= 0.3 is 0 Å². The number of benzene rings is 1. The van der Waals surface area contributed by atoms with Gasteiger partial charge in [-0.05, 0) is 50.7 Å². The molecule has 1 aromatic carbocycles. The Hall–Kier alpha value is -2.59. The SMILES string of the molecule is CCC1CC(C)(CC)N2C(=O)C(=C(C#N)C#N)c3cc(C)cc1c32. The zero-order chi connectivity index (χ0) is 17.6. The number of carbonyl (C=O) groups excluding carboxylic acids is 1. The molecule has 3 rings (SSSR count). The molecule has 0 radical (unpaired) electrons. The zero-order valence-corrected chi connectivity index (χ0v) is 14.6. The van der Waals surface area contributed by atoms with Crippen LogP contribution in [0.15, 0.2) is 17.7 Å². The number of allylic oxidation sites excluding steroid dienone is 1. The van der Waals surface area contributed by atoms with Crippen molar-refractivity contribution in [2.24, 2.45) is 0 Å². The normalized spacial score (nSPS) is 24.4. The topological polar surface area (TPSA) is 67.9 Å². The van der Waals surface area contributed by atoms with E-state index in [4.69, 9.17) is 0 Å². The van der Waals surface area contributed by atoms with E-state index in [-0.39, 0.29) is 22.6 Å². The average Bonchev–Trinajstić information content (AvgIpc) is 2.86. The van der Waals surface area contributed by atoms with Crippen LogP contribution in [0.4, 0.5) is 5.69 Å². The fourth-order valence-electron chi connectivity index (χ4n) is 4.18. The number of amides is 1. The van der Waals surface area contributed by atoms with Crippen molar-refractivity contribution in [3.8, 4) is 12.1 Å². The lowest BCUT2D eigenvalue weighted by atomic mass is 9.75. The highest BCUT2D eigenvalue weighted by molar-refractivity contribution is 6.35. The fraction of sp³-hybridized carbons (Fsp3) is 0.450. The minimum Gasteiger partial charge on any atom is -0.302 e. The van der Waals surface area contributed by atoms with Gasteiger partial charge < -0.3 is 4.90 Å². The van der Waals surface area contributed by atoms with E-state index in [2.05, 4.69) is 26.8 Å². The van der Waals surface area contributed by atoms with Gasteiger partial charge in [0.2, 0.25) is 0 Å². The Bertz CT molecular complexity index is 837. The average molecular weight is 319 g/mol. The van der Waals surface area contributed by atoms with Gasteiger partial charge in [-0.25, -0.2) is 0 Å². The molecule has 2 unspecified atom stereocenters. The number of hydrogen-bond donors (Lipinski definition) is 0.